The van der Waals surface area contributed by atoms with Gasteiger partial charge in [0.25, 0.3) is 0 Å². The number of aromatic nitrogens is 2. The van der Waals surface area contributed by atoms with E-state index in [1.807, 2.05) is 20.0 Å². The molecule has 0 aliphatic carbocycles. The fraction of sp³-hybridized carbons (Fsp3) is 0.176. The molecule has 1 atom stereocenters. The summed E-state index contributed by atoms with van der Waals surface area (Å²) in [5.41, 5.74) is 1.88. The van der Waals surface area contributed by atoms with Gasteiger partial charge in [-0.2, -0.15) is 0 Å². The first-order valence-corrected chi connectivity index (χ1v) is 8.37. The van der Waals surface area contributed by atoms with E-state index in [9.17, 15) is 4.79 Å². The third kappa shape index (κ3) is 3.22. The predicted octanol–water partition coefficient (Wildman–Crippen LogP) is 5.07. The maximum absolute atomic E-state index is 12.3. The Morgan fingerprint density at radius 2 is 1.92 bits per heavy atom. The normalized spacial score (nSPS) is 12.4. The summed E-state index contributed by atoms with van der Waals surface area (Å²) in [6.45, 7) is 1.95. The number of hydrogen-bond donors (Lipinski definition) is 1. The smallest absolute Gasteiger partial charge is 0.193 e. The first kappa shape index (κ1) is 17.1. The zero-order chi connectivity index (χ0) is 17.4. The van der Waals surface area contributed by atoms with Gasteiger partial charge in [-0.1, -0.05) is 40.9 Å². The first-order valence-electron chi connectivity index (χ1n) is 7.24. The van der Waals surface area contributed by atoms with Crippen LogP contribution in [-0.4, -0.2) is 9.55 Å². The van der Waals surface area contributed by atoms with Crippen molar-refractivity contribution >= 4 is 51.5 Å². The highest BCUT2D eigenvalue weighted by Gasteiger charge is 2.15. The lowest BCUT2D eigenvalue weighted by Crippen LogP contribution is -2.13. The minimum absolute atomic E-state index is 0.121. The van der Waals surface area contributed by atoms with Gasteiger partial charge in [-0.25, -0.2) is 4.98 Å². The van der Waals surface area contributed by atoms with Crippen LogP contribution in [0.1, 0.15) is 18.5 Å². The van der Waals surface area contributed by atoms with Gasteiger partial charge in [-0.15, -0.1) is 0 Å². The molecule has 3 rings (SSSR count). The molecule has 0 unspecified atom stereocenters. The van der Waals surface area contributed by atoms with Gasteiger partial charge in [0.2, 0.25) is 0 Å². The first-order chi connectivity index (χ1) is 11.4. The molecule has 124 valence electrons. The molecule has 0 saturated heterocycles. The van der Waals surface area contributed by atoms with E-state index in [2.05, 4.69) is 10.3 Å². The second-order valence-electron chi connectivity index (χ2n) is 5.51. The Kier molecular flexibility index (Phi) is 4.72. The second-order valence-corrected chi connectivity index (χ2v) is 6.74. The molecule has 0 saturated carbocycles. The molecule has 1 N–H and O–H groups in total. The van der Waals surface area contributed by atoms with Crippen molar-refractivity contribution in [2.24, 2.45) is 7.05 Å². The van der Waals surface area contributed by atoms with Gasteiger partial charge in [-0.3, -0.25) is 4.79 Å². The highest BCUT2D eigenvalue weighted by molar-refractivity contribution is 6.35. The number of pyridine rings is 2. The zero-order valence-electron chi connectivity index (χ0n) is 13.0. The van der Waals surface area contributed by atoms with Crippen LogP contribution in [0.2, 0.25) is 15.2 Å². The number of rotatable bonds is 3. The maximum Gasteiger partial charge on any atom is 0.193 e. The Labute approximate surface area is 154 Å². The highest BCUT2D eigenvalue weighted by atomic mass is 35.5. The summed E-state index contributed by atoms with van der Waals surface area (Å²) in [7, 11) is 1.81. The molecule has 2 heterocycles. The van der Waals surface area contributed by atoms with E-state index in [-0.39, 0.29) is 11.5 Å². The van der Waals surface area contributed by atoms with Crippen LogP contribution < -0.4 is 10.7 Å². The average molecular weight is 383 g/mol. The number of benzene rings is 1. The molecule has 4 nitrogen and oxygen atoms in total. The zero-order valence-corrected chi connectivity index (χ0v) is 15.2. The van der Waals surface area contributed by atoms with E-state index < -0.39 is 0 Å². The van der Waals surface area contributed by atoms with Gasteiger partial charge >= 0.3 is 0 Å². The molecule has 7 heteroatoms. The van der Waals surface area contributed by atoms with Crippen molar-refractivity contribution in [3.05, 3.63) is 67.5 Å². The minimum Gasteiger partial charge on any atom is -0.378 e. The number of nitrogens with one attached hydrogen (secondary N) is 1. The molecule has 0 aliphatic rings. The van der Waals surface area contributed by atoms with Crippen molar-refractivity contribution < 1.29 is 0 Å². The van der Waals surface area contributed by atoms with Gasteiger partial charge in [0, 0.05) is 29.4 Å². The van der Waals surface area contributed by atoms with E-state index in [0.717, 1.165) is 5.56 Å². The third-order valence-electron chi connectivity index (χ3n) is 3.80. The van der Waals surface area contributed by atoms with Crippen LogP contribution in [0.25, 0.3) is 11.0 Å². The largest absolute Gasteiger partial charge is 0.378 e. The molecule has 24 heavy (non-hydrogen) atoms. The Hall–Kier alpha value is -1.75. The molecular formula is C17H14Cl3N3O. The van der Waals surface area contributed by atoms with E-state index in [4.69, 9.17) is 34.8 Å². The molecule has 0 aliphatic heterocycles. The Bertz CT molecular complexity index is 985. The van der Waals surface area contributed by atoms with Crippen LogP contribution in [-0.2, 0) is 7.05 Å². The maximum atomic E-state index is 12.3. The van der Waals surface area contributed by atoms with Crippen molar-refractivity contribution in [3.8, 4) is 0 Å². The molecule has 0 amide bonds. The third-order valence-corrected chi connectivity index (χ3v) is 4.56. The van der Waals surface area contributed by atoms with Gasteiger partial charge < -0.3 is 9.88 Å². The van der Waals surface area contributed by atoms with Crippen LogP contribution in [0.15, 0.2) is 41.3 Å². The Morgan fingerprint density at radius 1 is 1.17 bits per heavy atom. The van der Waals surface area contributed by atoms with Crippen LogP contribution in [0.5, 0.6) is 0 Å². The summed E-state index contributed by atoms with van der Waals surface area (Å²) in [5, 5.41) is 5.23. The van der Waals surface area contributed by atoms with Crippen LogP contribution in [0.4, 0.5) is 5.69 Å². The van der Waals surface area contributed by atoms with Gasteiger partial charge in [0.05, 0.1) is 17.1 Å². The molecule has 2 aromatic heterocycles. The molecule has 0 bridgehead atoms. The van der Waals surface area contributed by atoms with Crippen molar-refractivity contribution in [2.45, 2.75) is 13.0 Å². The number of hydrogen-bond acceptors (Lipinski definition) is 3. The summed E-state index contributed by atoms with van der Waals surface area (Å²) in [5.74, 6) is 0. The van der Waals surface area contributed by atoms with Gasteiger partial charge in [0.1, 0.15) is 10.8 Å². The lowest BCUT2D eigenvalue weighted by Gasteiger charge is -2.19. The number of nitrogens with zero attached hydrogens (tertiary/aromatic N) is 2. The number of halogens is 3. The second kappa shape index (κ2) is 6.63. The molecular weight excluding hydrogens is 369 g/mol. The lowest BCUT2D eigenvalue weighted by atomic mass is 10.1. The van der Waals surface area contributed by atoms with E-state index >= 15 is 0 Å². The molecule has 3 aromatic rings. The van der Waals surface area contributed by atoms with Gasteiger partial charge in [0.15, 0.2) is 5.43 Å². The Morgan fingerprint density at radius 3 is 2.62 bits per heavy atom. The van der Waals surface area contributed by atoms with Crippen LogP contribution in [0, 0.1) is 0 Å². The fourth-order valence-electron chi connectivity index (χ4n) is 2.61. The SMILES string of the molecule is C[C@@H](Nc1cc(Cl)nc2c1c(=O)ccn2C)c1ccc(Cl)cc1Cl. The topological polar surface area (TPSA) is 46.9 Å². The van der Waals surface area contributed by atoms with Crippen molar-refractivity contribution in [2.75, 3.05) is 5.32 Å². The summed E-state index contributed by atoms with van der Waals surface area (Å²) in [6.07, 6.45) is 1.66. The summed E-state index contributed by atoms with van der Waals surface area (Å²) in [6, 6.07) is 8.31. The number of anilines is 1. The molecule has 0 spiro atoms. The summed E-state index contributed by atoms with van der Waals surface area (Å²) in [4.78, 5) is 16.6. The van der Waals surface area contributed by atoms with Crippen LogP contribution >= 0.6 is 34.8 Å². The summed E-state index contributed by atoms with van der Waals surface area (Å²) >= 11 is 18.3. The number of aryl methyl sites for hydroxylation is 1. The lowest BCUT2D eigenvalue weighted by molar-refractivity contribution is 0.883. The van der Waals surface area contributed by atoms with Gasteiger partial charge in [-0.05, 0) is 30.7 Å². The highest BCUT2D eigenvalue weighted by Crippen LogP contribution is 2.31. The van der Waals surface area contributed by atoms with E-state index in [0.29, 0.717) is 31.9 Å². The van der Waals surface area contributed by atoms with Crippen LogP contribution in [0.3, 0.4) is 0 Å². The van der Waals surface area contributed by atoms with Crippen molar-refractivity contribution in [1.82, 2.24) is 9.55 Å². The number of fused-ring (bicyclic) bond motifs is 1. The molecule has 0 radical (unpaired) electrons. The summed E-state index contributed by atoms with van der Waals surface area (Å²) < 4.78 is 1.76. The van der Waals surface area contributed by atoms with E-state index in [1.165, 1.54) is 6.07 Å². The predicted molar refractivity (Wildman–Crippen MR) is 100 cm³/mol. The average Bonchev–Trinajstić information content (AvgIpc) is 2.50. The minimum atomic E-state index is -0.152. The quantitative estimate of drug-likeness (QED) is 0.644. The molecule has 0 fully saturated rings. The van der Waals surface area contributed by atoms with Crippen molar-refractivity contribution in [3.63, 3.8) is 0 Å². The fourth-order valence-corrected chi connectivity index (χ4v) is 3.37. The monoisotopic (exact) mass is 381 g/mol. The Balaban J connectivity index is 2.10. The molecule has 1 aromatic carbocycles. The van der Waals surface area contributed by atoms with Crippen molar-refractivity contribution in [1.29, 1.82) is 0 Å². The van der Waals surface area contributed by atoms with E-state index in [1.54, 1.807) is 29.0 Å². The standard InChI is InChI=1S/C17H14Cl3N3O/c1-9(11-4-3-10(18)7-12(11)19)21-13-8-15(20)22-17-16(13)14(24)5-6-23(17)2/h3-9H,1-2H3,(H,21,22)/t9-/m1/s1.